The Morgan fingerprint density at radius 3 is 2.36 bits per heavy atom. The first-order chi connectivity index (χ1) is 17.0. The maximum Gasteiger partial charge on any atom is 0.410 e. The van der Waals surface area contributed by atoms with Crippen LogP contribution >= 0.6 is 0 Å². The Balaban J connectivity index is 0.000000212. The van der Waals surface area contributed by atoms with Gasteiger partial charge in [0.1, 0.15) is 5.60 Å². The summed E-state index contributed by atoms with van der Waals surface area (Å²) in [7, 11) is 3.06. The van der Waals surface area contributed by atoms with Crippen molar-refractivity contribution < 1.29 is 23.9 Å². The summed E-state index contributed by atoms with van der Waals surface area (Å²) >= 11 is 0. The van der Waals surface area contributed by atoms with Gasteiger partial charge in [-0.25, -0.2) is 9.59 Å². The Morgan fingerprint density at radius 1 is 1.06 bits per heavy atom. The van der Waals surface area contributed by atoms with Gasteiger partial charge in [0.25, 0.3) is 5.91 Å². The number of ether oxygens (including phenoxy) is 2. The smallest absolute Gasteiger partial charge is 0.410 e. The summed E-state index contributed by atoms with van der Waals surface area (Å²) in [6, 6.07) is 15.7. The lowest BCUT2D eigenvalue weighted by atomic mass is 10.1. The van der Waals surface area contributed by atoms with Crippen molar-refractivity contribution in [3.63, 3.8) is 0 Å². The van der Waals surface area contributed by atoms with Crippen LogP contribution in [0.4, 0.5) is 4.79 Å². The number of nitrogens with zero attached hydrogens (tertiary/aromatic N) is 3. The van der Waals surface area contributed by atoms with Crippen LogP contribution in [0.3, 0.4) is 0 Å². The summed E-state index contributed by atoms with van der Waals surface area (Å²) in [5.74, 6) is -0.462. The van der Waals surface area contributed by atoms with Gasteiger partial charge < -0.3 is 19.3 Å². The quantitative estimate of drug-likeness (QED) is 0.595. The fourth-order valence-electron chi connectivity index (χ4n) is 4.30. The van der Waals surface area contributed by atoms with E-state index in [2.05, 4.69) is 40.8 Å². The normalized spacial score (nSPS) is 17.7. The van der Waals surface area contributed by atoms with E-state index in [-0.39, 0.29) is 18.0 Å². The van der Waals surface area contributed by atoms with E-state index in [0.717, 1.165) is 31.7 Å². The van der Waals surface area contributed by atoms with Crippen molar-refractivity contribution in [1.82, 2.24) is 14.7 Å². The first kappa shape index (κ1) is 27.2. The van der Waals surface area contributed by atoms with Gasteiger partial charge in [0.05, 0.1) is 12.7 Å². The maximum atomic E-state index is 12.2. The Labute approximate surface area is 213 Å². The zero-order valence-corrected chi connectivity index (χ0v) is 22.1. The third kappa shape index (κ3) is 7.07. The molecule has 4 rings (SSSR count). The predicted molar refractivity (Wildman–Crippen MR) is 138 cm³/mol. The monoisotopic (exact) mass is 495 g/mol. The van der Waals surface area contributed by atoms with Crippen molar-refractivity contribution in [2.24, 2.45) is 0 Å². The molecule has 0 spiro atoms. The number of fused-ring (bicyclic) bond motifs is 1. The highest BCUT2D eigenvalue weighted by Gasteiger charge is 2.30. The number of esters is 1. The Kier molecular flexibility index (Phi) is 8.74. The van der Waals surface area contributed by atoms with Crippen molar-refractivity contribution in [3.05, 3.63) is 70.8 Å². The third-order valence-corrected chi connectivity index (χ3v) is 6.10. The molecule has 194 valence electrons. The first-order valence-electron chi connectivity index (χ1n) is 12.2. The average Bonchev–Trinajstić information content (AvgIpc) is 3.11. The number of hydrogen-bond donors (Lipinski definition) is 0. The molecule has 2 heterocycles. The summed E-state index contributed by atoms with van der Waals surface area (Å²) in [4.78, 5) is 40.9. The molecule has 0 saturated carbocycles. The standard InChI is InChI=1S/C17H26N2O2.C11H11NO3/c1-14-12-18(13-15-8-6-5-7-9-15)10-11-19(14)16(20)21-17(2,3)4;1-12-6-8-4-3-7(11(14)15-2)5-9(8)10(12)13/h5-9,14H,10-13H2,1-4H3;3-5H,6H2,1-2H3. The summed E-state index contributed by atoms with van der Waals surface area (Å²) in [5, 5.41) is 0. The number of piperazine rings is 1. The molecule has 1 fully saturated rings. The Hall–Kier alpha value is -3.39. The van der Waals surface area contributed by atoms with E-state index in [9.17, 15) is 14.4 Å². The maximum absolute atomic E-state index is 12.2. The summed E-state index contributed by atoms with van der Waals surface area (Å²) in [5.41, 5.74) is 2.85. The lowest BCUT2D eigenvalue weighted by molar-refractivity contribution is 0.000537. The molecule has 2 aliphatic heterocycles. The number of methoxy groups -OCH3 is 1. The van der Waals surface area contributed by atoms with Gasteiger partial charge in [0.2, 0.25) is 0 Å². The summed E-state index contributed by atoms with van der Waals surface area (Å²) in [6.07, 6.45) is -0.200. The van der Waals surface area contributed by atoms with Crippen LogP contribution in [0.25, 0.3) is 0 Å². The second-order valence-electron chi connectivity index (χ2n) is 10.3. The van der Waals surface area contributed by atoms with Gasteiger partial charge in [-0.2, -0.15) is 0 Å². The van der Waals surface area contributed by atoms with E-state index in [1.807, 2.05) is 31.7 Å². The molecule has 8 nitrogen and oxygen atoms in total. The molecule has 0 radical (unpaired) electrons. The molecule has 1 saturated heterocycles. The molecule has 36 heavy (non-hydrogen) atoms. The van der Waals surface area contributed by atoms with Crippen molar-refractivity contribution in [2.75, 3.05) is 33.8 Å². The zero-order chi connectivity index (χ0) is 26.5. The fraction of sp³-hybridized carbons (Fsp3) is 0.464. The first-order valence-corrected chi connectivity index (χ1v) is 12.2. The number of hydrogen-bond acceptors (Lipinski definition) is 6. The van der Waals surface area contributed by atoms with Crippen LogP contribution in [0, 0.1) is 0 Å². The zero-order valence-electron chi connectivity index (χ0n) is 22.1. The number of amides is 2. The number of carbonyl (C=O) groups excluding carboxylic acids is 3. The van der Waals surface area contributed by atoms with Crippen molar-refractivity contribution >= 4 is 18.0 Å². The number of carbonyl (C=O) groups is 3. The van der Waals surface area contributed by atoms with E-state index in [1.54, 1.807) is 30.1 Å². The lowest BCUT2D eigenvalue weighted by Gasteiger charge is -2.40. The van der Waals surface area contributed by atoms with Gasteiger partial charge in [-0.05, 0) is 51.0 Å². The topological polar surface area (TPSA) is 79.4 Å². The lowest BCUT2D eigenvalue weighted by Crippen LogP contribution is -2.54. The van der Waals surface area contributed by atoms with E-state index >= 15 is 0 Å². The molecule has 1 atom stereocenters. The molecule has 0 bridgehead atoms. The molecule has 2 aromatic carbocycles. The highest BCUT2D eigenvalue weighted by Crippen LogP contribution is 2.22. The van der Waals surface area contributed by atoms with Gasteiger partial charge in [0.15, 0.2) is 0 Å². The van der Waals surface area contributed by atoms with Gasteiger partial charge in [-0.3, -0.25) is 9.69 Å². The number of rotatable bonds is 3. The molecular weight excluding hydrogens is 458 g/mol. The molecule has 2 aromatic rings. The van der Waals surface area contributed by atoms with Crippen LogP contribution in [-0.2, 0) is 22.6 Å². The van der Waals surface area contributed by atoms with Crippen LogP contribution in [0.2, 0.25) is 0 Å². The van der Waals surface area contributed by atoms with Crippen molar-refractivity contribution in [3.8, 4) is 0 Å². The highest BCUT2D eigenvalue weighted by atomic mass is 16.6. The summed E-state index contributed by atoms with van der Waals surface area (Å²) in [6.45, 7) is 11.8. The average molecular weight is 496 g/mol. The van der Waals surface area contributed by atoms with Gasteiger partial charge >= 0.3 is 12.1 Å². The van der Waals surface area contributed by atoms with Gasteiger partial charge in [-0.15, -0.1) is 0 Å². The third-order valence-electron chi connectivity index (χ3n) is 6.10. The van der Waals surface area contributed by atoms with E-state index in [0.29, 0.717) is 17.7 Å². The molecule has 0 aliphatic carbocycles. The molecular formula is C28H37N3O5. The molecule has 2 aliphatic rings. The van der Waals surface area contributed by atoms with Crippen molar-refractivity contribution in [1.29, 1.82) is 0 Å². The van der Waals surface area contributed by atoms with Crippen molar-refractivity contribution in [2.45, 2.75) is 52.4 Å². The van der Waals surface area contributed by atoms with Crippen LogP contribution in [0.1, 0.15) is 59.5 Å². The molecule has 2 amide bonds. The Bertz CT molecular complexity index is 1080. The van der Waals surface area contributed by atoms with E-state index in [1.165, 1.54) is 12.7 Å². The SMILES string of the molecule is CC1CN(Cc2ccccc2)CCN1C(=O)OC(C)(C)C.COC(=O)c1ccc2c(c1)C(=O)N(C)C2. The largest absolute Gasteiger partial charge is 0.465 e. The minimum absolute atomic E-state index is 0.0456. The van der Waals surface area contributed by atoms with Crippen LogP contribution < -0.4 is 0 Å². The molecule has 1 unspecified atom stereocenters. The van der Waals surface area contributed by atoms with Gasteiger partial charge in [-0.1, -0.05) is 36.4 Å². The van der Waals surface area contributed by atoms with Gasteiger partial charge in [0, 0.05) is 51.4 Å². The predicted octanol–water partition coefficient (Wildman–Crippen LogP) is 4.19. The minimum Gasteiger partial charge on any atom is -0.465 e. The second kappa shape index (κ2) is 11.6. The van der Waals surface area contributed by atoms with E-state index in [4.69, 9.17) is 4.74 Å². The molecule has 0 N–H and O–H groups in total. The molecule has 0 aromatic heterocycles. The van der Waals surface area contributed by atoms with Crippen LogP contribution in [0.5, 0.6) is 0 Å². The molecule has 8 heteroatoms. The minimum atomic E-state index is -0.433. The Morgan fingerprint density at radius 2 is 1.75 bits per heavy atom. The highest BCUT2D eigenvalue weighted by molar-refractivity contribution is 6.01. The fourth-order valence-corrected chi connectivity index (χ4v) is 4.30. The number of benzene rings is 2. The van der Waals surface area contributed by atoms with E-state index < -0.39 is 11.6 Å². The summed E-state index contributed by atoms with van der Waals surface area (Å²) < 4.78 is 10.1. The van der Waals surface area contributed by atoms with Crippen LogP contribution in [-0.4, -0.2) is 78.1 Å². The van der Waals surface area contributed by atoms with Crippen LogP contribution in [0.15, 0.2) is 48.5 Å². The second-order valence-corrected chi connectivity index (χ2v) is 10.3.